The molecule has 3 N–H and O–H groups in total. The van der Waals surface area contributed by atoms with Crippen LogP contribution in [0.4, 0.5) is 4.79 Å². The Labute approximate surface area is 149 Å². The maximum atomic E-state index is 12.3. The van der Waals surface area contributed by atoms with Crippen LogP contribution in [0.2, 0.25) is 0 Å². The molecule has 0 radical (unpaired) electrons. The summed E-state index contributed by atoms with van der Waals surface area (Å²) in [4.78, 5) is 37.3. The number of carbonyl (C=O) groups is 3. The van der Waals surface area contributed by atoms with Crippen molar-refractivity contribution in [2.75, 3.05) is 6.54 Å². The van der Waals surface area contributed by atoms with Crippen molar-refractivity contribution in [3.05, 3.63) is 54.0 Å². The maximum absolute atomic E-state index is 12.3. The van der Waals surface area contributed by atoms with Crippen molar-refractivity contribution in [2.24, 2.45) is 0 Å². The Kier molecular flexibility index (Phi) is 5.21. The fourth-order valence-electron chi connectivity index (χ4n) is 2.69. The third-order valence-electron chi connectivity index (χ3n) is 4.06. The molecule has 2 heterocycles. The molecule has 0 aliphatic carbocycles. The Bertz CT molecular complexity index is 786. The summed E-state index contributed by atoms with van der Waals surface area (Å²) in [6, 6.07) is 8.65. The van der Waals surface area contributed by atoms with E-state index in [0.717, 1.165) is 10.5 Å². The molecule has 0 spiro atoms. The van der Waals surface area contributed by atoms with Gasteiger partial charge in [0.1, 0.15) is 17.6 Å². The summed E-state index contributed by atoms with van der Waals surface area (Å²) in [5, 5.41) is 14.5. The number of furan rings is 1. The summed E-state index contributed by atoms with van der Waals surface area (Å²) in [5.74, 6) is -0.0813. The highest BCUT2D eigenvalue weighted by Gasteiger charge is 2.39. The summed E-state index contributed by atoms with van der Waals surface area (Å²) >= 11 is 0. The van der Waals surface area contributed by atoms with E-state index in [2.05, 4.69) is 10.6 Å². The first-order valence-corrected chi connectivity index (χ1v) is 8.22. The molecule has 136 valence electrons. The van der Waals surface area contributed by atoms with Crippen LogP contribution in [-0.2, 0) is 22.6 Å². The van der Waals surface area contributed by atoms with Crippen molar-refractivity contribution in [2.45, 2.75) is 25.4 Å². The predicted molar refractivity (Wildman–Crippen MR) is 91.0 cm³/mol. The van der Waals surface area contributed by atoms with Gasteiger partial charge in [-0.05, 0) is 36.2 Å². The number of urea groups is 1. The van der Waals surface area contributed by atoms with Crippen molar-refractivity contribution in [1.82, 2.24) is 15.5 Å². The van der Waals surface area contributed by atoms with Crippen molar-refractivity contribution in [3.8, 4) is 5.75 Å². The Hall–Kier alpha value is -3.29. The number of carbonyl (C=O) groups excluding carboxylic acids is 3. The summed E-state index contributed by atoms with van der Waals surface area (Å²) < 4.78 is 5.14. The largest absolute Gasteiger partial charge is 0.508 e. The Balaban J connectivity index is 1.46. The third kappa shape index (κ3) is 4.21. The summed E-state index contributed by atoms with van der Waals surface area (Å²) in [7, 11) is 0. The number of hydrogen-bond donors (Lipinski definition) is 3. The van der Waals surface area contributed by atoms with E-state index in [-0.39, 0.29) is 24.6 Å². The molecule has 1 unspecified atom stereocenters. The van der Waals surface area contributed by atoms with Gasteiger partial charge in [-0.1, -0.05) is 12.1 Å². The summed E-state index contributed by atoms with van der Waals surface area (Å²) in [6.07, 6.45) is 1.95. The van der Waals surface area contributed by atoms with Gasteiger partial charge < -0.3 is 20.2 Å². The van der Waals surface area contributed by atoms with E-state index in [1.165, 1.54) is 6.26 Å². The molecule has 26 heavy (non-hydrogen) atoms. The van der Waals surface area contributed by atoms with Crippen LogP contribution in [0.5, 0.6) is 5.75 Å². The lowest BCUT2D eigenvalue weighted by molar-refractivity contribution is -0.131. The van der Waals surface area contributed by atoms with Gasteiger partial charge in [-0.2, -0.15) is 0 Å². The molecule has 0 saturated carbocycles. The van der Waals surface area contributed by atoms with Gasteiger partial charge >= 0.3 is 6.03 Å². The molecule has 2 aromatic rings. The van der Waals surface area contributed by atoms with Gasteiger partial charge in [-0.25, -0.2) is 4.79 Å². The molecule has 3 rings (SSSR count). The molecular formula is C18H19N3O5. The Morgan fingerprint density at radius 1 is 1.23 bits per heavy atom. The second-order valence-electron chi connectivity index (χ2n) is 5.98. The number of phenolic OH excluding ortho intramolecular Hbond substituents is 1. The SMILES string of the molecule is O=C(CC1NC(=O)N(Cc2ccco2)C1=O)NCCc1ccc(O)cc1. The van der Waals surface area contributed by atoms with Gasteiger partial charge in [-0.3, -0.25) is 14.5 Å². The minimum atomic E-state index is -0.869. The minimum absolute atomic E-state index is 0.0383. The molecule has 1 saturated heterocycles. The van der Waals surface area contributed by atoms with E-state index >= 15 is 0 Å². The lowest BCUT2D eigenvalue weighted by Gasteiger charge is -2.11. The van der Waals surface area contributed by atoms with E-state index < -0.39 is 18.0 Å². The molecule has 1 aliphatic heterocycles. The molecule has 0 bridgehead atoms. The number of imide groups is 1. The summed E-state index contributed by atoms with van der Waals surface area (Å²) in [5.41, 5.74) is 0.970. The zero-order chi connectivity index (χ0) is 18.5. The number of aromatic hydroxyl groups is 1. The first-order chi connectivity index (χ1) is 12.5. The van der Waals surface area contributed by atoms with Gasteiger partial charge in [0.25, 0.3) is 5.91 Å². The number of phenols is 1. The number of nitrogens with one attached hydrogen (secondary N) is 2. The average molecular weight is 357 g/mol. The fourth-order valence-corrected chi connectivity index (χ4v) is 2.69. The quantitative estimate of drug-likeness (QED) is 0.644. The van der Waals surface area contributed by atoms with Crippen LogP contribution in [0, 0.1) is 0 Å². The zero-order valence-electron chi connectivity index (χ0n) is 14.0. The van der Waals surface area contributed by atoms with Crippen molar-refractivity contribution in [1.29, 1.82) is 0 Å². The number of benzene rings is 1. The van der Waals surface area contributed by atoms with Crippen LogP contribution in [0.3, 0.4) is 0 Å². The lowest BCUT2D eigenvalue weighted by Crippen LogP contribution is -2.37. The normalized spacial score (nSPS) is 16.6. The van der Waals surface area contributed by atoms with Crippen LogP contribution in [0.25, 0.3) is 0 Å². The number of rotatable bonds is 7. The van der Waals surface area contributed by atoms with E-state index in [1.807, 2.05) is 0 Å². The van der Waals surface area contributed by atoms with Crippen molar-refractivity contribution >= 4 is 17.8 Å². The highest BCUT2D eigenvalue weighted by molar-refractivity contribution is 6.05. The predicted octanol–water partition coefficient (Wildman–Crippen LogP) is 1.15. The Morgan fingerprint density at radius 2 is 2.00 bits per heavy atom. The summed E-state index contributed by atoms with van der Waals surface area (Å²) in [6.45, 7) is 0.436. The zero-order valence-corrected chi connectivity index (χ0v) is 14.0. The van der Waals surface area contributed by atoms with E-state index in [9.17, 15) is 19.5 Å². The van der Waals surface area contributed by atoms with Gasteiger partial charge in [0.2, 0.25) is 5.91 Å². The standard InChI is InChI=1S/C18H19N3O5/c22-13-5-3-12(4-6-13)7-8-19-16(23)10-15-17(24)21(18(25)20-15)11-14-2-1-9-26-14/h1-6,9,15,22H,7-8,10-11H2,(H,19,23)(H,20,25). The van der Waals surface area contributed by atoms with Crippen LogP contribution < -0.4 is 10.6 Å². The van der Waals surface area contributed by atoms with Gasteiger partial charge in [0.15, 0.2) is 0 Å². The van der Waals surface area contributed by atoms with E-state index in [0.29, 0.717) is 18.7 Å². The highest BCUT2D eigenvalue weighted by Crippen LogP contribution is 2.14. The first-order valence-electron chi connectivity index (χ1n) is 8.22. The first kappa shape index (κ1) is 17.5. The smallest absolute Gasteiger partial charge is 0.325 e. The van der Waals surface area contributed by atoms with Gasteiger partial charge in [0, 0.05) is 6.54 Å². The minimum Gasteiger partial charge on any atom is -0.508 e. The lowest BCUT2D eigenvalue weighted by atomic mass is 10.1. The number of nitrogens with zero attached hydrogens (tertiary/aromatic N) is 1. The fraction of sp³-hybridized carbons (Fsp3) is 0.278. The average Bonchev–Trinajstić information content (AvgIpc) is 3.21. The number of hydrogen-bond acceptors (Lipinski definition) is 5. The van der Waals surface area contributed by atoms with Crippen molar-refractivity contribution < 1.29 is 23.9 Å². The molecule has 8 nitrogen and oxygen atoms in total. The monoisotopic (exact) mass is 357 g/mol. The van der Waals surface area contributed by atoms with Crippen molar-refractivity contribution in [3.63, 3.8) is 0 Å². The van der Waals surface area contributed by atoms with E-state index in [1.54, 1.807) is 36.4 Å². The highest BCUT2D eigenvalue weighted by atomic mass is 16.3. The second-order valence-corrected chi connectivity index (χ2v) is 5.98. The molecule has 1 aliphatic rings. The topological polar surface area (TPSA) is 112 Å². The molecule has 1 atom stereocenters. The number of amides is 4. The second kappa shape index (κ2) is 7.73. The maximum Gasteiger partial charge on any atom is 0.325 e. The molecule has 1 fully saturated rings. The van der Waals surface area contributed by atoms with Crippen LogP contribution >= 0.6 is 0 Å². The molecule has 4 amide bonds. The molecule has 1 aromatic carbocycles. The van der Waals surface area contributed by atoms with Crippen LogP contribution in [0.15, 0.2) is 47.1 Å². The van der Waals surface area contributed by atoms with Gasteiger partial charge in [0.05, 0.1) is 19.2 Å². The van der Waals surface area contributed by atoms with E-state index in [4.69, 9.17) is 4.42 Å². The molecule has 1 aromatic heterocycles. The molecule has 8 heteroatoms. The van der Waals surface area contributed by atoms with Crippen LogP contribution in [-0.4, -0.2) is 40.4 Å². The Morgan fingerprint density at radius 3 is 2.69 bits per heavy atom. The third-order valence-corrected chi connectivity index (χ3v) is 4.06. The molecular weight excluding hydrogens is 338 g/mol. The van der Waals surface area contributed by atoms with Crippen LogP contribution in [0.1, 0.15) is 17.7 Å². The van der Waals surface area contributed by atoms with Gasteiger partial charge in [-0.15, -0.1) is 0 Å².